The average molecular weight is 480 g/mol. The molecule has 188 valence electrons. The molecule has 1 saturated heterocycles. The minimum atomic E-state index is -1.57. The van der Waals surface area contributed by atoms with Gasteiger partial charge in [-0.15, -0.1) is 0 Å². The van der Waals surface area contributed by atoms with E-state index in [4.69, 9.17) is 4.74 Å². The summed E-state index contributed by atoms with van der Waals surface area (Å²) in [6.45, 7) is 8.27. The average Bonchev–Trinajstić information content (AvgIpc) is 3.09. The molecular weight excluding hydrogens is 442 g/mol. The van der Waals surface area contributed by atoms with E-state index >= 15 is 0 Å². The first-order valence-corrected chi connectivity index (χ1v) is 12.7. The third-order valence-corrected chi connectivity index (χ3v) is 8.04. The Morgan fingerprint density at radius 1 is 1.11 bits per heavy atom. The molecular formula is C29H37NO5. The smallest absolute Gasteiger partial charge is 0.331 e. The van der Waals surface area contributed by atoms with Crippen molar-refractivity contribution in [2.45, 2.75) is 69.8 Å². The zero-order valence-corrected chi connectivity index (χ0v) is 20.6. The summed E-state index contributed by atoms with van der Waals surface area (Å²) in [6.07, 6.45) is 8.39. The van der Waals surface area contributed by atoms with Crippen LogP contribution in [0.15, 0.2) is 66.8 Å². The Kier molecular flexibility index (Phi) is 7.62. The van der Waals surface area contributed by atoms with E-state index in [1.165, 1.54) is 12.2 Å². The van der Waals surface area contributed by atoms with Crippen LogP contribution in [0.1, 0.15) is 45.1 Å². The molecule has 1 aromatic rings. The van der Waals surface area contributed by atoms with Crippen LogP contribution in [0.4, 0.5) is 0 Å². The van der Waals surface area contributed by atoms with Crippen molar-refractivity contribution >= 4 is 11.9 Å². The Morgan fingerprint density at radius 2 is 1.86 bits per heavy atom. The van der Waals surface area contributed by atoms with Crippen molar-refractivity contribution in [3.8, 4) is 0 Å². The van der Waals surface area contributed by atoms with E-state index in [0.29, 0.717) is 24.3 Å². The van der Waals surface area contributed by atoms with Gasteiger partial charge >= 0.3 is 5.97 Å². The number of nitrogens with one attached hydrogen (secondary N) is 1. The number of aliphatic hydroxyl groups excluding tert-OH is 2. The van der Waals surface area contributed by atoms with Gasteiger partial charge in [-0.25, -0.2) is 4.79 Å². The number of ether oxygens (including phenoxy) is 1. The number of benzene rings is 1. The predicted molar refractivity (Wildman–Crippen MR) is 134 cm³/mol. The number of hydrogen-bond acceptors (Lipinski definition) is 5. The molecule has 1 aliphatic carbocycles. The van der Waals surface area contributed by atoms with E-state index in [9.17, 15) is 19.8 Å². The number of amides is 1. The van der Waals surface area contributed by atoms with Crippen molar-refractivity contribution in [3.63, 3.8) is 0 Å². The van der Waals surface area contributed by atoms with Gasteiger partial charge in [0.1, 0.15) is 0 Å². The monoisotopic (exact) mass is 479 g/mol. The lowest BCUT2D eigenvalue weighted by molar-refractivity contribution is -0.182. The third-order valence-electron chi connectivity index (χ3n) is 8.04. The second-order valence-corrected chi connectivity index (χ2v) is 10.5. The lowest BCUT2D eigenvalue weighted by atomic mass is 9.59. The van der Waals surface area contributed by atoms with Gasteiger partial charge in [0.05, 0.1) is 18.1 Å². The fourth-order valence-electron chi connectivity index (χ4n) is 6.09. The van der Waals surface area contributed by atoms with E-state index in [-0.39, 0.29) is 17.9 Å². The van der Waals surface area contributed by atoms with Crippen LogP contribution in [0.3, 0.4) is 0 Å². The van der Waals surface area contributed by atoms with E-state index in [0.717, 1.165) is 24.8 Å². The van der Waals surface area contributed by atoms with Crippen molar-refractivity contribution in [1.29, 1.82) is 0 Å². The van der Waals surface area contributed by atoms with Crippen LogP contribution in [0, 0.1) is 23.7 Å². The molecule has 3 aliphatic rings. The first kappa shape index (κ1) is 25.4. The zero-order valence-electron chi connectivity index (χ0n) is 20.6. The highest BCUT2D eigenvalue weighted by molar-refractivity contribution is 5.94. The lowest BCUT2D eigenvalue weighted by Gasteiger charge is -2.49. The quantitative estimate of drug-likeness (QED) is 0.446. The standard InChI is InChI=1S/C29H37NO5/c1-18-9-7-13-22(31)15-16-25(32)35-29-23(14-8-10-18)27(33)20(3)19(2)26(29)24(30-28(29)34)17-21-11-5-4-6-12-21/h4-6,8,11-12,14-16,18-19,22-24,26-27,31,33H,3,7,9-10,13,17H2,1-2H3,(H,30,34)/t18-,19-,22+,23+,24+,26+,27-,29-/m1/s1. The molecule has 8 atom stereocenters. The fraction of sp³-hybridized carbons (Fsp3) is 0.517. The SMILES string of the molecule is C=C1[C@@H](C)[C@H]2[C@H](Cc3ccccc3)NC(=O)[C@]23OC(=O)C=C[C@@H](O)CCC[C@@H](C)CC=C[C@H]3[C@@H]1O. The molecule has 0 radical (unpaired) electrons. The maximum absolute atomic E-state index is 13.7. The van der Waals surface area contributed by atoms with Gasteiger partial charge in [-0.2, -0.15) is 0 Å². The second-order valence-electron chi connectivity index (χ2n) is 10.5. The molecule has 2 heterocycles. The topological polar surface area (TPSA) is 95.9 Å². The summed E-state index contributed by atoms with van der Waals surface area (Å²) in [5.74, 6) is -2.13. The third kappa shape index (κ3) is 5.00. The number of carbonyl (C=O) groups is 2. The molecule has 6 heteroatoms. The van der Waals surface area contributed by atoms with Crippen molar-refractivity contribution < 1.29 is 24.5 Å². The van der Waals surface area contributed by atoms with Crippen molar-refractivity contribution in [3.05, 3.63) is 72.4 Å². The molecule has 2 fully saturated rings. The van der Waals surface area contributed by atoms with Gasteiger partial charge in [0.15, 0.2) is 0 Å². The van der Waals surface area contributed by atoms with E-state index < -0.39 is 35.6 Å². The van der Waals surface area contributed by atoms with Crippen molar-refractivity contribution in [1.82, 2.24) is 5.32 Å². The Morgan fingerprint density at radius 3 is 2.60 bits per heavy atom. The van der Waals surface area contributed by atoms with Gasteiger partial charge in [-0.1, -0.05) is 75.8 Å². The summed E-state index contributed by atoms with van der Waals surface area (Å²) in [4.78, 5) is 26.8. The molecule has 0 bridgehead atoms. The first-order valence-electron chi connectivity index (χ1n) is 12.7. The summed E-state index contributed by atoms with van der Waals surface area (Å²) in [7, 11) is 0. The van der Waals surface area contributed by atoms with Gasteiger partial charge in [-0.05, 0) is 48.3 Å². The first-order chi connectivity index (χ1) is 16.7. The summed E-state index contributed by atoms with van der Waals surface area (Å²) >= 11 is 0. The number of aliphatic hydroxyl groups is 2. The summed E-state index contributed by atoms with van der Waals surface area (Å²) in [6, 6.07) is 9.59. The molecule has 4 rings (SSSR count). The molecule has 1 saturated carbocycles. The van der Waals surface area contributed by atoms with Gasteiger partial charge in [0.2, 0.25) is 5.60 Å². The molecule has 35 heavy (non-hydrogen) atoms. The molecule has 1 amide bonds. The fourth-order valence-corrected chi connectivity index (χ4v) is 6.09. The largest absolute Gasteiger partial charge is 0.445 e. The lowest BCUT2D eigenvalue weighted by Crippen LogP contribution is -2.61. The van der Waals surface area contributed by atoms with Crippen LogP contribution in [0.25, 0.3) is 0 Å². The van der Waals surface area contributed by atoms with Gasteiger partial charge in [0.25, 0.3) is 5.91 Å². The Hall–Kier alpha value is -2.70. The molecule has 3 N–H and O–H groups in total. The summed E-state index contributed by atoms with van der Waals surface area (Å²) < 4.78 is 6.05. The van der Waals surface area contributed by atoms with Crippen LogP contribution < -0.4 is 5.32 Å². The number of esters is 1. The van der Waals surface area contributed by atoms with Crippen molar-refractivity contribution in [2.75, 3.05) is 0 Å². The number of carbonyl (C=O) groups excluding carboxylic acids is 2. The van der Waals surface area contributed by atoms with Gasteiger partial charge in [0, 0.05) is 18.0 Å². The minimum absolute atomic E-state index is 0.262. The van der Waals surface area contributed by atoms with Crippen molar-refractivity contribution in [2.24, 2.45) is 23.7 Å². The molecule has 2 aliphatic heterocycles. The highest BCUT2D eigenvalue weighted by atomic mass is 16.6. The highest BCUT2D eigenvalue weighted by Gasteiger charge is 2.67. The van der Waals surface area contributed by atoms with Crippen LogP contribution >= 0.6 is 0 Å². The van der Waals surface area contributed by atoms with Crippen LogP contribution in [-0.4, -0.2) is 45.9 Å². The van der Waals surface area contributed by atoms with Crippen LogP contribution in [0.2, 0.25) is 0 Å². The summed E-state index contributed by atoms with van der Waals surface area (Å²) in [5.41, 5.74) is 0.136. The molecule has 1 spiro atoms. The maximum atomic E-state index is 13.7. The Bertz CT molecular complexity index is 1000. The van der Waals surface area contributed by atoms with Gasteiger partial charge < -0.3 is 20.3 Å². The molecule has 1 aromatic carbocycles. The van der Waals surface area contributed by atoms with E-state index in [1.807, 2.05) is 49.4 Å². The van der Waals surface area contributed by atoms with E-state index in [2.05, 4.69) is 18.8 Å². The summed E-state index contributed by atoms with van der Waals surface area (Å²) in [5, 5.41) is 24.7. The van der Waals surface area contributed by atoms with Crippen LogP contribution in [-0.2, 0) is 20.7 Å². The molecule has 0 unspecified atom stereocenters. The maximum Gasteiger partial charge on any atom is 0.331 e. The number of allylic oxidation sites excluding steroid dienone is 1. The van der Waals surface area contributed by atoms with Crippen LogP contribution in [0.5, 0.6) is 0 Å². The zero-order chi connectivity index (χ0) is 25.2. The second kappa shape index (κ2) is 10.5. The normalized spacial score (nSPS) is 38.2. The minimum Gasteiger partial charge on any atom is -0.445 e. The number of hydrogen-bond donors (Lipinski definition) is 3. The predicted octanol–water partition coefficient (Wildman–Crippen LogP) is 3.49. The Labute approximate surface area is 207 Å². The molecule has 6 nitrogen and oxygen atoms in total. The molecule has 0 aromatic heterocycles. The van der Waals surface area contributed by atoms with E-state index in [1.54, 1.807) is 0 Å². The number of rotatable bonds is 2. The Balaban J connectivity index is 1.78. The highest BCUT2D eigenvalue weighted by Crippen LogP contribution is 2.52. The van der Waals surface area contributed by atoms with Gasteiger partial charge in [-0.3, -0.25) is 4.79 Å².